The van der Waals surface area contributed by atoms with Crippen molar-refractivity contribution in [3.8, 4) is 11.3 Å². The normalized spacial score (nSPS) is 18.2. The zero-order valence-corrected chi connectivity index (χ0v) is 23.8. The molecule has 2 aromatic carbocycles. The highest BCUT2D eigenvalue weighted by atomic mass is 16.5. The van der Waals surface area contributed by atoms with Crippen molar-refractivity contribution >= 4 is 23.4 Å². The first-order chi connectivity index (χ1) is 19.1. The van der Waals surface area contributed by atoms with E-state index in [2.05, 4.69) is 15.1 Å². The highest BCUT2D eigenvalue weighted by molar-refractivity contribution is 6.23. The molecule has 1 saturated heterocycles. The summed E-state index contributed by atoms with van der Waals surface area (Å²) in [6.07, 6.45) is 1.58. The Hall–Kier alpha value is -3.98. The average molecular weight is 544 g/mol. The van der Waals surface area contributed by atoms with Crippen molar-refractivity contribution in [1.29, 1.82) is 0 Å². The van der Waals surface area contributed by atoms with Gasteiger partial charge in [-0.1, -0.05) is 36.4 Å². The largest absolute Gasteiger partial charge is 0.377 e. The van der Waals surface area contributed by atoms with Gasteiger partial charge in [-0.05, 0) is 51.8 Å². The summed E-state index contributed by atoms with van der Waals surface area (Å²) < 4.78 is 5.47. The molecule has 210 valence electrons. The van der Waals surface area contributed by atoms with E-state index in [1.54, 1.807) is 18.1 Å². The van der Waals surface area contributed by atoms with Crippen LogP contribution in [0.3, 0.4) is 0 Å². The third kappa shape index (κ3) is 5.13. The number of aromatic amines is 1. The lowest BCUT2D eigenvalue weighted by atomic mass is 9.94. The van der Waals surface area contributed by atoms with Gasteiger partial charge in [0.1, 0.15) is 0 Å². The van der Waals surface area contributed by atoms with E-state index in [0.717, 1.165) is 29.8 Å². The highest BCUT2D eigenvalue weighted by Crippen LogP contribution is 2.35. The summed E-state index contributed by atoms with van der Waals surface area (Å²) >= 11 is 0. The molecule has 1 fully saturated rings. The van der Waals surface area contributed by atoms with Crippen molar-refractivity contribution in [2.24, 2.45) is 5.92 Å². The number of piperidine rings is 1. The van der Waals surface area contributed by atoms with Crippen LogP contribution in [-0.2, 0) is 9.53 Å². The Balaban J connectivity index is 1.32. The molecule has 9 heteroatoms. The number of ether oxygens (including phenoxy) is 1. The first-order valence-electron chi connectivity index (χ1n) is 13.8. The number of fused-ring (bicyclic) bond motifs is 1. The molecule has 0 bridgehead atoms. The van der Waals surface area contributed by atoms with E-state index < -0.39 is 5.60 Å². The molecule has 3 heterocycles. The number of anilines is 1. The number of rotatable bonds is 8. The second-order valence-corrected chi connectivity index (χ2v) is 11.3. The van der Waals surface area contributed by atoms with Crippen LogP contribution in [0.4, 0.5) is 5.69 Å². The number of H-pyrrole nitrogens is 1. The van der Waals surface area contributed by atoms with E-state index >= 15 is 0 Å². The zero-order valence-electron chi connectivity index (χ0n) is 23.8. The predicted molar refractivity (Wildman–Crippen MR) is 153 cm³/mol. The molecule has 2 unspecified atom stereocenters. The van der Waals surface area contributed by atoms with Crippen LogP contribution in [0.1, 0.15) is 66.1 Å². The molecule has 3 amide bonds. The molecule has 40 heavy (non-hydrogen) atoms. The lowest BCUT2D eigenvalue weighted by Crippen LogP contribution is -2.45. The number of amides is 3. The summed E-state index contributed by atoms with van der Waals surface area (Å²) in [4.78, 5) is 45.5. The molecule has 5 rings (SSSR count). The minimum absolute atomic E-state index is 0.0477. The maximum absolute atomic E-state index is 13.7. The van der Waals surface area contributed by atoms with Crippen LogP contribution >= 0.6 is 0 Å². The molecule has 2 aliphatic heterocycles. The van der Waals surface area contributed by atoms with Gasteiger partial charge >= 0.3 is 0 Å². The van der Waals surface area contributed by atoms with Crippen molar-refractivity contribution in [2.45, 2.75) is 45.3 Å². The minimum Gasteiger partial charge on any atom is -0.377 e. The number of methoxy groups -OCH3 is 1. The van der Waals surface area contributed by atoms with Gasteiger partial charge in [-0.25, -0.2) is 0 Å². The average Bonchev–Trinajstić information content (AvgIpc) is 3.56. The zero-order chi connectivity index (χ0) is 28.6. The van der Waals surface area contributed by atoms with Crippen LogP contribution in [0, 0.1) is 5.92 Å². The molecular formula is C31H37N5O4. The fourth-order valence-corrected chi connectivity index (χ4v) is 5.56. The number of hydrogen-bond donors (Lipinski definition) is 1. The third-order valence-electron chi connectivity index (χ3n) is 8.23. The lowest BCUT2D eigenvalue weighted by Gasteiger charge is -2.37. The number of nitrogens with zero attached hydrogens (tertiary/aromatic N) is 4. The van der Waals surface area contributed by atoms with Crippen molar-refractivity contribution < 1.29 is 19.1 Å². The molecule has 3 aromatic rings. The van der Waals surface area contributed by atoms with Crippen molar-refractivity contribution in [3.05, 3.63) is 71.4 Å². The Morgan fingerprint density at radius 2 is 1.90 bits per heavy atom. The standard InChI is InChI=1S/C31H37N5O4/c1-20(24-17-25(33-32-24)21-11-7-6-8-12-21)34(4)28(37)22-13-10-16-35(18-22)26-15-9-14-23-27(26)30(39)36(29(23)38)19-31(2,3)40-5/h6-9,11-12,14-15,17,20,22H,10,13,16,18-19H2,1-5H3,(H,32,33). The third-order valence-corrected chi connectivity index (χ3v) is 8.23. The monoisotopic (exact) mass is 543 g/mol. The molecule has 0 aliphatic carbocycles. The van der Waals surface area contributed by atoms with Gasteiger partial charge < -0.3 is 14.5 Å². The van der Waals surface area contributed by atoms with Crippen LogP contribution < -0.4 is 4.90 Å². The quantitative estimate of drug-likeness (QED) is 0.419. The summed E-state index contributed by atoms with van der Waals surface area (Å²) in [7, 11) is 3.40. The summed E-state index contributed by atoms with van der Waals surface area (Å²) in [5.74, 6) is -0.802. The van der Waals surface area contributed by atoms with Crippen molar-refractivity contribution in [3.63, 3.8) is 0 Å². The Morgan fingerprint density at radius 3 is 2.62 bits per heavy atom. The smallest absolute Gasteiger partial charge is 0.263 e. The molecule has 0 saturated carbocycles. The fraction of sp³-hybridized carbons (Fsp3) is 0.419. The van der Waals surface area contributed by atoms with E-state index in [1.165, 1.54) is 4.90 Å². The minimum atomic E-state index is -0.659. The first-order valence-corrected chi connectivity index (χ1v) is 13.8. The Kier molecular flexibility index (Phi) is 7.51. The van der Waals surface area contributed by atoms with E-state index in [-0.39, 0.29) is 36.2 Å². The van der Waals surface area contributed by atoms with E-state index in [9.17, 15) is 14.4 Å². The fourth-order valence-electron chi connectivity index (χ4n) is 5.56. The number of nitrogens with one attached hydrogen (secondary N) is 1. The molecular weight excluding hydrogens is 506 g/mol. The maximum atomic E-state index is 13.7. The van der Waals surface area contributed by atoms with Crippen LogP contribution in [0.5, 0.6) is 0 Å². The van der Waals surface area contributed by atoms with Crippen LogP contribution in [0.15, 0.2) is 54.6 Å². The van der Waals surface area contributed by atoms with Gasteiger partial charge in [-0.3, -0.25) is 24.4 Å². The summed E-state index contributed by atoms with van der Waals surface area (Å²) in [5.41, 5.74) is 3.60. The lowest BCUT2D eigenvalue weighted by molar-refractivity contribution is -0.136. The van der Waals surface area contributed by atoms with Gasteiger partial charge in [0.25, 0.3) is 11.8 Å². The van der Waals surface area contributed by atoms with Gasteiger partial charge in [-0.15, -0.1) is 0 Å². The van der Waals surface area contributed by atoms with Crippen molar-refractivity contribution in [1.82, 2.24) is 20.0 Å². The van der Waals surface area contributed by atoms with E-state index in [1.807, 2.05) is 76.3 Å². The van der Waals surface area contributed by atoms with Gasteiger partial charge in [0.2, 0.25) is 5.91 Å². The number of benzene rings is 2. The van der Waals surface area contributed by atoms with E-state index in [0.29, 0.717) is 29.9 Å². The van der Waals surface area contributed by atoms with E-state index in [4.69, 9.17) is 4.74 Å². The number of aromatic nitrogens is 2. The highest BCUT2D eigenvalue weighted by Gasteiger charge is 2.42. The Bertz CT molecular complexity index is 1420. The van der Waals surface area contributed by atoms with Gasteiger partial charge in [0, 0.05) is 32.8 Å². The topological polar surface area (TPSA) is 98.8 Å². The Labute approximate surface area is 235 Å². The molecule has 1 aromatic heterocycles. The summed E-state index contributed by atoms with van der Waals surface area (Å²) in [5, 5.41) is 7.55. The van der Waals surface area contributed by atoms with Crippen LogP contribution in [-0.4, -0.2) is 77.1 Å². The summed E-state index contributed by atoms with van der Waals surface area (Å²) in [6.45, 7) is 7.05. The maximum Gasteiger partial charge on any atom is 0.263 e. The molecule has 2 atom stereocenters. The summed E-state index contributed by atoms with van der Waals surface area (Å²) in [6, 6.07) is 17.1. The van der Waals surface area contributed by atoms with Gasteiger partial charge in [0.15, 0.2) is 0 Å². The molecule has 9 nitrogen and oxygen atoms in total. The van der Waals surface area contributed by atoms with Crippen molar-refractivity contribution in [2.75, 3.05) is 38.7 Å². The Morgan fingerprint density at radius 1 is 1.15 bits per heavy atom. The number of carbonyl (C=O) groups excluding carboxylic acids is 3. The van der Waals surface area contributed by atoms with Crippen LogP contribution in [0.2, 0.25) is 0 Å². The second-order valence-electron chi connectivity index (χ2n) is 11.3. The molecule has 2 aliphatic rings. The first kappa shape index (κ1) is 27.6. The molecule has 0 radical (unpaired) electrons. The molecule has 1 N–H and O–H groups in total. The SMILES string of the molecule is COC(C)(C)CN1C(=O)c2cccc(N3CCCC(C(=O)N(C)C(C)c4cc(-c5ccccc5)n[nH]4)C3)c2C1=O. The number of imide groups is 1. The predicted octanol–water partition coefficient (Wildman–Crippen LogP) is 4.53. The van der Waals surface area contributed by atoms with Crippen LogP contribution in [0.25, 0.3) is 11.3 Å². The molecule has 0 spiro atoms. The number of hydrogen-bond acceptors (Lipinski definition) is 6. The number of carbonyl (C=O) groups is 3. The van der Waals surface area contributed by atoms with Gasteiger partial charge in [-0.2, -0.15) is 5.10 Å². The van der Waals surface area contributed by atoms with Gasteiger partial charge in [0.05, 0.1) is 52.3 Å². The second kappa shape index (κ2) is 10.9.